The number of nitrogens with zero attached hydrogens (tertiary/aromatic N) is 1. The molecule has 0 amide bonds. The highest BCUT2D eigenvalue weighted by molar-refractivity contribution is 6.30. The number of rotatable bonds is 10. The van der Waals surface area contributed by atoms with Gasteiger partial charge in [0.2, 0.25) is 0 Å². The quantitative estimate of drug-likeness (QED) is 0.539. The summed E-state index contributed by atoms with van der Waals surface area (Å²) in [6.45, 7) is 12.3. The van der Waals surface area contributed by atoms with Crippen LogP contribution in [0.4, 0.5) is 5.69 Å². The third kappa shape index (κ3) is 6.26. The first kappa shape index (κ1) is 20.7. The Kier molecular flexibility index (Phi) is 8.33. The molecule has 2 rings (SSSR count). The van der Waals surface area contributed by atoms with E-state index in [0.29, 0.717) is 6.04 Å². The minimum absolute atomic E-state index is 0.315. The number of allylic oxidation sites excluding steroid dienone is 2. The van der Waals surface area contributed by atoms with E-state index in [0.717, 1.165) is 55.4 Å². The number of nitrogens with one attached hydrogen (secondary N) is 2. The maximum Gasteiger partial charge on any atom is 0.0407 e. The standard InChI is InChI=1S/C21H33ClN4/c1-4-26(19-11-9-18(22)10-12-19)14-13-24-15-16(2)25-17(3)20-7-5-6-8-21(20)23/h9-12,16,24-25H,3-8,13-15,23H2,1-2H3. The van der Waals surface area contributed by atoms with Crippen molar-refractivity contribution in [2.75, 3.05) is 31.1 Å². The van der Waals surface area contributed by atoms with Crippen molar-refractivity contribution < 1.29 is 0 Å². The number of anilines is 1. The van der Waals surface area contributed by atoms with Crippen molar-refractivity contribution in [3.05, 3.63) is 52.8 Å². The van der Waals surface area contributed by atoms with Crippen LogP contribution in [0, 0.1) is 0 Å². The van der Waals surface area contributed by atoms with Crippen molar-refractivity contribution >= 4 is 17.3 Å². The molecule has 4 nitrogen and oxygen atoms in total. The minimum atomic E-state index is 0.315. The van der Waals surface area contributed by atoms with Gasteiger partial charge in [-0.05, 0) is 69.4 Å². The fraction of sp³-hybridized carbons (Fsp3) is 0.524. The molecular formula is C21H33ClN4. The Morgan fingerprint density at radius 1 is 1.27 bits per heavy atom. The van der Waals surface area contributed by atoms with E-state index < -0.39 is 0 Å². The molecule has 1 aliphatic carbocycles. The Morgan fingerprint density at radius 3 is 2.62 bits per heavy atom. The van der Waals surface area contributed by atoms with Crippen LogP contribution in [-0.2, 0) is 0 Å². The SMILES string of the molecule is C=C(NC(C)CNCCN(CC)c1ccc(Cl)cc1)C1=C(N)CCCC1. The summed E-state index contributed by atoms with van der Waals surface area (Å²) < 4.78 is 0. The Balaban J connectivity index is 1.71. The lowest BCUT2D eigenvalue weighted by Gasteiger charge is -2.25. The average molecular weight is 377 g/mol. The van der Waals surface area contributed by atoms with E-state index in [2.05, 4.69) is 48.1 Å². The van der Waals surface area contributed by atoms with Crippen LogP contribution in [0.5, 0.6) is 0 Å². The molecule has 0 spiro atoms. The van der Waals surface area contributed by atoms with Gasteiger partial charge in [-0.15, -0.1) is 0 Å². The second-order valence-electron chi connectivity index (χ2n) is 7.00. The predicted molar refractivity (Wildman–Crippen MR) is 114 cm³/mol. The summed E-state index contributed by atoms with van der Waals surface area (Å²) in [6.07, 6.45) is 4.45. The van der Waals surface area contributed by atoms with E-state index in [-0.39, 0.29) is 0 Å². The summed E-state index contributed by atoms with van der Waals surface area (Å²) >= 11 is 5.97. The molecule has 1 aromatic carbocycles. The first-order valence-electron chi connectivity index (χ1n) is 9.65. The lowest BCUT2D eigenvalue weighted by Crippen LogP contribution is -2.39. The molecule has 5 heteroatoms. The Labute approximate surface area is 163 Å². The number of hydrogen-bond acceptors (Lipinski definition) is 4. The van der Waals surface area contributed by atoms with Gasteiger partial charge in [0.05, 0.1) is 0 Å². The molecule has 0 aliphatic heterocycles. The normalized spacial score (nSPS) is 15.7. The summed E-state index contributed by atoms with van der Waals surface area (Å²) in [5.41, 5.74) is 10.6. The molecular weight excluding hydrogens is 344 g/mol. The van der Waals surface area contributed by atoms with E-state index in [9.17, 15) is 0 Å². The summed E-state index contributed by atoms with van der Waals surface area (Å²) in [6, 6.07) is 8.34. The fourth-order valence-corrected chi connectivity index (χ4v) is 3.49. The molecule has 0 saturated carbocycles. The maximum atomic E-state index is 6.14. The summed E-state index contributed by atoms with van der Waals surface area (Å²) in [7, 11) is 0. The lowest BCUT2D eigenvalue weighted by molar-refractivity contribution is 0.539. The van der Waals surface area contributed by atoms with Gasteiger partial charge in [0.25, 0.3) is 0 Å². The van der Waals surface area contributed by atoms with Gasteiger partial charge >= 0.3 is 0 Å². The highest BCUT2D eigenvalue weighted by atomic mass is 35.5. The van der Waals surface area contributed by atoms with Crippen LogP contribution in [0.25, 0.3) is 0 Å². The Bertz CT molecular complexity index is 609. The van der Waals surface area contributed by atoms with Gasteiger partial charge in [-0.1, -0.05) is 18.2 Å². The van der Waals surface area contributed by atoms with Gasteiger partial charge < -0.3 is 21.3 Å². The van der Waals surface area contributed by atoms with Gasteiger partial charge in [0.15, 0.2) is 0 Å². The van der Waals surface area contributed by atoms with Crippen LogP contribution in [0.3, 0.4) is 0 Å². The van der Waals surface area contributed by atoms with E-state index >= 15 is 0 Å². The van der Waals surface area contributed by atoms with Crippen LogP contribution in [0.2, 0.25) is 5.02 Å². The third-order valence-electron chi connectivity index (χ3n) is 4.88. The molecule has 26 heavy (non-hydrogen) atoms. The van der Waals surface area contributed by atoms with Gasteiger partial charge in [-0.3, -0.25) is 0 Å². The van der Waals surface area contributed by atoms with E-state index in [4.69, 9.17) is 17.3 Å². The number of likely N-dealkylation sites (N-methyl/N-ethyl adjacent to an activating group) is 1. The fourth-order valence-electron chi connectivity index (χ4n) is 3.36. The monoisotopic (exact) mass is 376 g/mol. The molecule has 0 saturated heterocycles. The van der Waals surface area contributed by atoms with E-state index in [1.165, 1.54) is 24.1 Å². The van der Waals surface area contributed by atoms with Crippen LogP contribution in [0.1, 0.15) is 39.5 Å². The highest BCUT2D eigenvalue weighted by Gasteiger charge is 2.14. The smallest absolute Gasteiger partial charge is 0.0407 e. The van der Waals surface area contributed by atoms with Crippen LogP contribution in [-0.4, -0.2) is 32.2 Å². The van der Waals surface area contributed by atoms with E-state index in [1.807, 2.05) is 12.1 Å². The van der Waals surface area contributed by atoms with Crippen LogP contribution in [0.15, 0.2) is 47.8 Å². The van der Waals surface area contributed by atoms with Gasteiger partial charge in [-0.2, -0.15) is 0 Å². The van der Waals surface area contributed by atoms with Crippen molar-refractivity contribution in [1.82, 2.24) is 10.6 Å². The zero-order chi connectivity index (χ0) is 18.9. The molecule has 0 aromatic heterocycles. The number of hydrogen-bond donors (Lipinski definition) is 3. The summed E-state index contributed by atoms with van der Waals surface area (Å²) in [4.78, 5) is 2.34. The molecule has 1 aliphatic rings. The lowest BCUT2D eigenvalue weighted by atomic mass is 9.94. The number of benzene rings is 1. The molecule has 1 unspecified atom stereocenters. The zero-order valence-corrected chi connectivity index (χ0v) is 16.9. The number of nitrogens with two attached hydrogens (primary N) is 1. The largest absolute Gasteiger partial charge is 0.402 e. The molecule has 0 radical (unpaired) electrons. The second kappa shape index (κ2) is 10.5. The summed E-state index contributed by atoms with van der Waals surface area (Å²) in [5, 5.41) is 7.80. The molecule has 4 N–H and O–H groups in total. The van der Waals surface area contributed by atoms with Crippen molar-refractivity contribution in [3.8, 4) is 0 Å². The minimum Gasteiger partial charge on any atom is -0.402 e. The first-order chi connectivity index (χ1) is 12.5. The topological polar surface area (TPSA) is 53.3 Å². The van der Waals surface area contributed by atoms with Crippen molar-refractivity contribution in [1.29, 1.82) is 0 Å². The molecule has 0 fully saturated rings. The highest BCUT2D eigenvalue weighted by Crippen LogP contribution is 2.25. The zero-order valence-electron chi connectivity index (χ0n) is 16.2. The van der Waals surface area contributed by atoms with Crippen LogP contribution >= 0.6 is 11.6 Å². The van der Waals surface area contributed by atoms with Crippen molar-refractivity contribution in [2.24, 2.45) is 5.73 Å². The predicted octanol–water partition coefficient (Wildman–Crippen LogP) is 4.03. The Morgan fingerprint density at radius 2 is 1.96 bits per heavy atom. The molecule has 1 atom stereocenters. The third-order valence-corrected chi connectivity index (χ3v) is 5.13. The summed E-state index contributed by atoms with van der Waals surface area (Å²) in [5.74, 6) is 0. The van der Waals surface area contributed by atoms with Crippen LogP contribution < -0.4 is 21.3 Å². The molecule has 0 heterocycles. The maximum absolute atomic E-state index is 6.14. The van der Waals surface area contributed by atoms with Crippen molar-refractivity contribution in [2.45, 2.75) is 45.6 Å². The van der Waals surface area contributed by atoms with Crippen molar-refractivity contribution in [3.63, 3.8) is 0 Å². The molecule has 144 valence electrons. The van der Waals surface area contributed by atoms with Gasteiger partial charge in [0.1, 0.15) is 0 Å². The molecule has 0 bridgehead atoms. The van der Waals surface area contributed by atoms with Gasteiger partial charge in [-0.25, -0.2) is 0 Å². The molecule has 1 aromatic rings. The first-order valence-corrected chi connectivity index (χ1v) is 10.0. The second-order valence-corrected chi connectivity index (χ2v) is 7.43. The van der Waals surface area contributed by atoms with E-state index in [1.54, 1.807) is 0 Å². The average Bonchev–Trinajstić information content (AvgIpc) is 2.63. The number of halogens is 1. The van der Waals surface area contributed by atoms with Gasteiger partial charge in [0, 0.05) is 54.3 Å². The Hall–Kier alpha value is -1.65.